The summed E-state index contributed by atoms with van der Waals surface area (Å²) in [4.78, 5) is 0.249. The maximum Gasteiger partial charge on any atom is 0.244 e. The molecule has 1 aliphatic heterocycles. The van der Waals surface area contributed by atoms with Gasteiger partial charge in [-0.1, -0.05) is 13.0 Å². The minimum absolute atomic E-state index is 0.0923. The van der Waals surface area contributed by atoms with Gasteiger partial charge in [0, 0.05) is 17.1 Å². The lowest BCUT2D eigenvalue weighted by Crippen LogP contribution is -2.35. The van der Waals surface area contributed by atoms with E-state index in [0.717, 1.165) is 19.3 Å². The normalized spacial score (nSPS) is 20.9. The van der Waals surface area contributed by atoms with Gasteiger partial charge in [0.2, 0.25) is 10.0 Å². The molecule has 0 spiro atoms. The minimum Gasteiger partial charge on any atom is -0.392 e. The molecular formula is C13H18BrNO3S. The molecule has 0 saturated carbocycles. The molecule has 6 heteroatoms. The zero-order chi connectivity index (χ0) is 14.0. The molecule has 1 aromatic rings. The summed E-state index contributed by atoms with van der Waals surface area (Å²) >= 11 is 3.30. The van der Waals surface area contributed by atoms with Gasteiger partial charge < -0.3 is 5.11 Å². The average molecular weight is 348 g/mol. The van der Waals surface area contributed by atoms with Crippen molar-refractivity contribution in [3.05, 3.63) is 28.2 Å². The lowest BCUT2D eigenvalue weighted by atomic mass is 10.2. The molecule has 1 heterocycles. The Morgan fingerprint density at radius 2 is 2.21 bits per heavy atom. The van der Waals surface area contributed by atoms with E-state index in [4.69, 9.17) is 5.11 Å². The second-order valence-corrected chi connectivity index (χ2v) is 7.46. The average Bonchev–Trinajstić information content (AvgIpc) is 2.88. The molecule has 0 radical (unpaired) electrons. The van der Waals surface area contributed by atoms with E-state index in [-0.39, 0.29) is 17.5 Å². The fourth-order valence-corrected chi connectivity index (χ4v) is 5.25. The summed E-state index contributed by atoms with van der Waals surface area (Å²) in [7, 11) is -3.49. The second-order valence-electron chi connectivity index (χ2n) is 4.74. The van der Waals surface area contributed by atoms with Gasteiger partial charge >= 0.3 is 0 Å². The maximum atomic E-state index is 12.7. The number of sulfonamides is 1. The van der Waals surface area contributed by atoms with Crippen LogP contribution in [0.1, 0.15) is 31.7 Å². The molecule has 1 aromatic carbocycles. The number of rotatable bonds is 4. The van der Waals surface area contributed by atoms with Crippen LogP contribution >= 0.6 is 15.9 Å². The summed E-state index contributed by atoms with van der Waals surface area (Å²) < 4.78 is 27.6. The molecule has 2 rings (SSSR count). The number of nitrogens with zero attached hydrogens (tertiary/aromatic N) is 1. The van der Waals surface area contributed by atoms with Crippen LogP contribution < -0.4 is 0 Å². The van der Waals surface area contributed by atoms with Crippen molar-refractivity contribution < 1.29 is 13.5 Å². The van der Waals surface area contributed by atoms with E-state index < -0.39 is 10.0 Å². The third-order valence-electron chi connectivity index (χ3n) is 3.56. The van der Waals surface area contributed by atoms with Gasteiger partial charge in [0.15, 0.2) is 0 Å². The number of hydrogen-bond acceptors (Lipinski definition) is 3. The lowest BCUT2D eigenvalue weighted by molar-refractivity contribution is 0.281. The molecule has 4 nitrogen and oxygen atoms in total. The van der Waals surface area contributed by atoms with E-state index in [1.165, 1.54) is 0 Å². The van der Waals surface area contributed by atoms with Crippen LogP contribution in [-0.4, -0.2) is 30.4 Å². The zero-order valence-electron chi connectivity index (χ0n) is 10.8. The van der Waals surface area contributed by atoms with Crippen LogP contribution in [0, 0.1) is 0 Å². The van der Waals surface area contributed by atoms with E-state index >= 15 is 0 Å². The van der Waals surface area contributed by atoms with Gasteiger partial charge in [0.05, 0.1) is 11.5 Å². The molecule has 106 valence electrons. The topological polar surface area (TPSA) is 57.6 Å². The van der Waals surface area contributed by atoms with Gasteiger partial charge in [-0.05, 0) is 52.9 Å². The number of aliphatic hydroxyl groups excluding tert-OH is 1. The predicted octanol–water partition coefficient (Wildman–Crippen LogP) is 2.50. The highest BCUT2D eigenvalue weighted by atomic mass is 79.9. The largest absolute Gasteiger partial charge is 0.392 e. The summed E-state index contributed by atoms with van der Waals surface area (Å²) in [5.74, 6) is 0. The molecule has 1 fully saturated rings. The molecule has 1 N–H and O–H groups in total. The van der Waals surface area contributed by atoms with E-state index in [2.05, 4.69) is 15.9 Å². The van der Waals surface area contributed by atoms with Crippen LogP contribution in [-0.2, 0) is 16.6 Å². The monoisotopic (exact) mass is 347 g/mol. The van der Waals surface area contributed by atoms with Crippen LogP contribution in [0.15, 0.2) is 27.6 Å². The summed E-state index contributed by atoms with van der Waals surface area (Å²) in [6.07, 6.45) is 2.67. The standard InChI is InChI=1S/C13H18BrNO3S/c1-2-11-4-3-7-15(11)19(17,18)13-8-10(9-16)5-6-12(13)14/h5-6,8,11,16H,2-4,7,9H2,1H3. The Balaban J connectivity index is 2.44. The fraction of sp³-hybridized carbons (Fsp3) is 0.538. The van der Waals surface area contributed by atoms with Gasteiger partial charge in [-0.25, -0.2) is 8.42 Å². The third-order valence-corrected chi connectivity index (χ3v) is 6.50. The predicted molar refractivity (Wildman–Crippen MR) is 77.3 cm³/mol. The molecule has 19 heavy (non-hydrogen) atoms. The van der Waals surface area contributed by atoms with Crippen molar-refractivity contribution in [2.45, 2.75) is 43.7 Å². The third kappa shape index (κ3) is 2.86. The first-order chi connectivity index (χ1) is 9.00. The van der Waals surface area contributed by atoms with Crippen molar-refractivity contribution in [3.8, 4) is 0 Å². The maximum absolute atomic E-state index is 12.7. The highest BCUT2D eigenvalue weighted by Gasteiger charge is 2.35. The molecule has 1 aliphatic rings. The Labute approximate surface area is 122 Å². The molecular weight excluding hydrogens is 330 g/mol. The van der Waals surface area contributed by atoms with Crippen molar-refractivity contribution >= 4 is 26.0 Å². The van der Waals surface area contributed by atoms with Crippen molar-refractivity contribution in [1.82, 2.24) is 4.31 Å². The van der Waals surface area contributed by atoms with E-state index in [1.54, 1.807) is 22.5 Å². The first kappa shape index (κ1) is 15.0. The Morgan fingerprint density at radius 3 is 2.84 bits per heavy atom. The first-order valence-electron chi connectivity index (χ1n) is 6.41. The molecule has 0 aromatic heterocycles. The zero-order valence-corrected chi connectivity index (χ0v) is 13.2. The van der Waals surface area contributed by atoms with Gasteiger partial charge in [-0.15, -0.1) is 0 Å². The van der Waals surface area contributed by atoms with Crippen molar-refractivity contribution in [2.75, 3.05) is 6.54 Å². The smallest absolute Gasteiger partial charge is 0.244 e. The van der Waals surface area contributed by atoms with Gasteiger partial charge in [-0.3, -0.25) is 0 Å². The number of hydrogen-bond donors (Lipinski definition) is 1. The van der Waals surface area contributed by atoms with E-state index in [9.17, 15) is 8.42 Å². The Bertz CT molecular complexity index is 559. The van der Waals surface area contributed by atoms with Crippen LogP contribution in [0.3, 0.4) is 0 Å². The highest BCUT2D eigenvalue weighted by molar-refractivity contribution is 9.10. The van der Waals surface area contributed by atoms with Crippen molar-refractivity contribution in [3.63, 3.8) is 0 Å². The second kappa shape index (κ2) is 5.91. The van der Waals surface area contributed by atoms with Gasteiger partial charge in [-0.2, -0.15) is 4.31 Å². The number of halogens is 1. The minimum atomic E-state index is -3.49. The van der Waals surface area contributed by atoms with Crippen LogP contribution in [0.4, 0.5) is 0 Å². The van der Waals surface area contributed by atoms with Gasteiger partial charge in [0.1, 0.15) is 0 Å². The number of benzene rings is 1. The van der Waals surface area contributed by atoms with Crippen molar-refractivity contribution in [2.24, 2.45) is 0 Å². The fourth-order valence-electron chi connectivity index (χ4n) is 2.50. The molecule has 1 saturated heterocycles. The quantitative estimate of drug-likeness (QED) is 0.910. The molecule has 1 atom stereocenters. The molecule has 0 amide bonds. The Hall–Kier alpha value is -0.430. The Kier molecular flexibility index (Phi) is 4.66. The molecule has 0 aliphatic carbocycles. The Morgan fingerprint density at radius 1 is 1.47 bits per heavy atom. The van der Waals surface area contributed by atoms with Crippen LogP contribution in [0.5, 0.6) is 0 Å². The van der Waals surface area contributed by atoms with E-state index in [1.807, 2.05) is 6.92 Å². The molecule has 1 unspecified atom stereocenters. The number of aliphatic hydroxyl groups is 1. The lowest BCUT2D eigenvalue weighted by Gasteiger charge is -2.23. The SMILES string of the molecule is CCC1CCCN1S(=O)(=O)c1cc(CO)ccc1Br. The molecule has 0 bridgehead atoms. The summed E-state index contributed by atoms with van der Waals surface area (Å²) in [6, 6.07) is 5.03. The highest BCUT2D eigenvalue weighted by Crippen LogP contribution is 2.32. The van der Waals surface area contributed by atoms with Gasteiger partial charge in [0.25, 0.3) is 0 Å². The summed E-state index contributed by atoms with van der Waals surface area (Å²) in [5.41, 5.74) is 0.606. The first-order valence-corrected chi connectivity index (χ1v) is 8.65. The van der Waals surface area contributed by atoms with Crippen LogP contribution in [0.25, 0.3) is 0 Å². The summed E-state index contributed by atoms with van der Waals surface area (Å²) in [5, 5.41) is 9.16. The van der Waals surface area contributed by atoms with E-state index in [0.29, 0.717) is 16.6 Å². The van der Waals surface area contributed by atoms with Crippen LogP contribution in [0.2, 0.25) is 0 Å². The summed E-state index contributed by atoms with van der Waals surface area (Å²) in [6.45, 7) is 2.43. The van der Waals surface area contributed by atoms with Crippen molar-refractivity contribution in [1.29, 1.82) is 0 Å².